The lowest BCUT2D eigenvalue weighted by Crippen LogP contribution is -2.29. The minimum atomic E-state index is -0.0984. The molecule has 0 saturated carbocycles. The van der Waals surface area contributed by atoms with Crippen molar-refractivity contribution < 1.29 is 9.59 Å². The molecule has 0 aliphatic heterocycles. The molecule has 3 N–H and O–H groups in total. The first-order valence-corrected chi connectivity index (χ1v) is 9.72. The summed E-state index contributed by atoms with van der Waals surface area (Å²) in [6.45, 7) is 2.67. The minimum absolute atomic E-state index is 0.00491. The van der Waals surface area contributed by atoms with Gasteiger partial charge in [0.15, 0.2) is 0 Å². The standard InChI is InChI=1S/C23H27N3O2/c1-17-7-6-10-19(13-17)15-25-23(28)16-24-20-11-4-5-12-21(20)26-22(27)14-18-8-2-3-9-18/h2,4-8,10-13,18,24H,3,9,14-16H2,1H3,(H,25,28)(H,26,27). The van der Waals surface area contributed by atoms with Gasteiger partial charge in [0.2, 0.25) is 11.8 Å². The Morgan fingerprint density at radius 2 is 1.86 bits per heavy atom. The first-order valence-electron chi connectivity index (χ1n) is 9.72. The number of nitrogens with one attached hydrogen (secondary N) is 3. The second kappa shape index (κ2) is 9.74. The van der Waals surface area contributed by atoms with E-state index in [9.17, 15) is 9.59 Å². The molecule has 146 valence electrons. The molecule has 1 unspecified atom stereocenters. The lowest BCUT2D eigenvalue weighted by atomic mass is 10.0. The number of hydrogen-bond donors (Lipinski definition) is 3. The highest BCUT2D eigenvalue weighted by Crippen LogP contribution is 2.24. The predicted octanol–water partition coefficient (Wildman–Crippen LogP) is 4.02. The van der Waals surface area contributed by atoms with Gasteiger partial charge in [-0.15, -0.1) is 0 Å². The second-order valence-electron chi connectivity index (χ2n) is 7.18. The Kier molecular flexibility index (Phi) is 6.84. The Hall–Kier alpha value is -3.08. The molecule has 2 amide bonds. The Bertz CT molecular complexity index is 860. The Balaban J connectivity index is 1.49. The highest BCUT2D eigenvalue weighted by atomic mass is 16.2. The van der Waals surface area contributed by atoms with Gasteiger partial charge in [0.05, 0.1) is 17.9 Å². The minimum Gasteiger partial charge on any atom is -0.374 e. The molecule has 0 heterocycles. The smallest absolute Gasteiger partial charge is 0.239 e. The monoisotopic (exact) mass is 377 g/mol. The van der Waals surface area contributed by atoms with Gasteiger partial charge >= 0.3 is 0 Å². The molecule has 0 saturated heterocycles. The molecule has 1 atom stereocenters. The predicted molar refractivity (Wildman–Crippen MR) is 113 cm³/mol. The van der Waals surface area contributed by atoms with Crippen LogP contribution in [0.2, 0.25) is 0 Å². The molecule has 0 aromatic heterocycles. The van der Waals surface area contributed by atoms with Gasteiger partial charge in [-0.25, -0.2) is 0 Å². The van der Waals surface area contributed by atoms with Crippen LogP contribution in [0.5, 0.6) is 0 Å². The van der Waals surface area contributed by atoms with E-state index in [1.807, 2.05) is 49.4 Å². The number of hydrogen-bond acceptors (Lipinski definition) is 3. The maximum absolute atomic E-state index is 12.3. The molecular formula is C23H27N3O2. The molecule has 2 aromatic rings. The summed E-state index contributed by atoms with van der Waals surface area (Å²) < 4.78 is 0. The lowest BCUT2D eigenvalue weighted by molar-refractivity contribution is -0.119. The van der Waals surface area contributed by atoms with Crippen LogP contribution in [0, 0.1) is 12.8 Å². The Morgan fingerprint density at radius 3 is 2.61 bits per heavy atom. The first-order chi connectivity index (χ1) is 13.6. The van der Waals surface area contributed by atoms with Gasteiger partial charge < -0.3 is 16.0 Å². The summed E-state index contributed by atoms with van der Waals surface area (Å²) in [5.41, 5.74) is 3.68. The number of carbonyl (C=O) groups excluding carboxylic acids is 2. The van der Waals surface area contributed by atoms with Gasteiger partial charge in [0.1, 0.15) is 0 Å². The van der Waals surface area contributed by atoms with Gasteiger partial charge in [0, 0.05) is 13.0 Å². The summed E-state index contributed by atoms with van der Waals surface area (Å²) >= 11 is 0. The molecule has 1 aliphatic rings. The third kappa shape index (κ3) is 5.98. The first kappa shape index (κ1) is 19.7. The largest absolute Gasteiger partial charge is 0.374 e. The van der Waals surface area contributed by atoms with Crippen molar-refractivity contribution in [1.29, 1.82) is 0 Å². The summed E-state index contributed by atoms with van der Waals surface area (Å²) in [4.78, 5) is 24.5. The van der Waals surface area contributed by atoms with Crippen LogP contribution in [0.3, 0.4) is 0 Å². The average Bonchev–Trinajstić information content (AvgIpc) is 3.18. The molecule has 0 spiro atoms. The highest BCUT2D eigenvalue weighted by molar-refractivity contribution is 5.95. The van der Waals surface area contributed by atoms with E-state index in [0.717, 1.165) is 24.1 Å². The molecule has 2 aromatic carbocycles. The van der Waals surface area contributed by atoms with Crippen molar-refractivity contribution in [2.24, 2.45) is 5.92 Å². The van der Waals surface area contributed by atoms with Crippen LogP contribution < -0.4 is 16.0 Å². The Labute approximate surface area is 166 Å². The van der Waals surface area contributed by atoms with E-state index in [2.05, 4.69) is 34.2 Å². The van der Waals surface area contributed by atoms with Gasteiger partial charge in [0.25, 0.3) is 0 Å². The van der Waals surface area contributed by atoms with E-state index in [4.69, 9.17) is 0 Å². The van der Waals surface area contributed by atoms with Crippen LogP contribution in [0.15, 0.2) is 60.7 Å². The van der Waals surface area contributed by atoms with E-state index >= 15 is 0 Å². The fraction of sp³-hybridized carbons (Fsp3) is 0.304. The third-order valence-corrected chi connectivity index (χ3v) is 4.77. The number of anilines is 2. The second-order valence-corrected chi connectivity index (χ2v) is 7.18. The quantitative estimate of drug-likeness (QED) is 0.609. The molecule has 1 aliphatic carbocycles. The summed E-state index contributed by atoms with van der Waals surface area (Å²) in [5, 5.41) is 8.99. The molecule has 5 nitrogen and oxygen atoms in total. The molecule has 0 fully saturated rings. The van der Waals surface area contributed by atoms with Crippen molar-refractivity contribution in [1.82, 2.24) is 5.32 Å². The Morgan fingerprint density at radius 1 is 1.04 bits per heavy atom. The summed E-state index contributed by atoms with van der Waals surface area (Å²) in [6, 6.07) is 15.5. The van der Waals surface area contributed by atoms with E-state index in [1.54, 1.807) is 0 Å². The molecule has 5 heteroatoms. The maximum Gasteiger partial charge on any atom is 0.239 e. The number of amides is 2. The number of para-hydroxylation sites is 2. The van der Waals surface area contributed by atoms with E-state index in [-0.39, 0.29) is 18.4 Å². The zero-order chi connectivity index (χ0) is 19.8. The van der Waals surface area contributed by atoms with Gasteiger partial charge in [-0.3, -0.25) is 9.59 Å². The molecule has 3 rings (SSSR count). The van der Waals surface area contributed by atoms with Crippen molar-refractivity contribution in [3.63, 3.8) is 0 Å². The molecular weight excluding hydrogens is 350 g/mol. The zero-order valence-corrected chi connectivity index (χ0v) is 16.2. The number of allylic oxidation sites excluding steroid dienone is 2. The van der Waals surface area contributed by atoms with Crippen LogP contribution in [0.1, 0.15) is 30.4 Å². The highest BCUT2D eigenvalue weighted by Gasteiger charge is 2.15. The van der Waals surface area contributed by atoms with Crippen LogP contribution in [0.25, 0.3) is 0 Å². The van der Waals surface area contributed by atoms with Gasteiger partial charge in [-0.05, 0) is 43.4 Å². The maximum atomic E-state index is 12.3. The molecule has 0 radical (unpaired) electrons. The number of carbonyl (C=O) groups is 2. The summed E-state index contributed by atoms with van der Waals surface area (Å²) in [6.07, 6.45) is 6.81. The van der Waals surface area contributed by atoms with Crippen LogP contribution in [0.4, 0.5) is 11.4 Å². The number of benzene rings is 2. The van der Waals surface area contributed by atoms with Crippen molar-refractivity contribution >= 4 is 23.2 Å². The zero-order valence-electron chi connectivity index (χ0n) is 16.2. The fourth-order valence-electron chi connectivity index (χ4n) is 3.31. The summed E-state index contributed by atoms with van der Waals surface area (Å²) in [7, 11) is 0. The molecule has 28 heavy (non-hydrogen) atoms. The van der Waals surface area contributed by atoms with Crippen molar-refractivity contribution in [2.45, 2.75) is 32.7 Å². The van der Waals surface area contributed by atoms with Gasteiger partial charge in [-0.2, -0.15) is 0 Å². The lowest BCUT2D eigenvalue weighted by Gasteiger charge is -2.14. The van der Waals surface area contributed by atoms with Crippen molar-refractivity contribution in [3.05, 3.63) is 71.8 Å². The number of rotatable bonds is 8. The van der Waals surface area contributed by atoms with Crippen LogP contribution >= 0.6 is 0 Å². The fourth-order valence-corrected chi connectivity index (χ4v) is 3.31. The SMILES string of the molecule is Cc1cccc(CNC(=O)CNc2ccccc2NC(=O)CC2C=CCC2)c1. The third-order valence-electron chi connectivity index (χ3n) is 4.77. The van der Waals surface area contributed by atoms with Gasteiger partial charge in [-0.1, -0.05) is 54.1 Å². The van der Waals surface area contributed by atoms with Crippen LogP contribution in [-0.2, 0) is 16.1 Å². The van der Waals surface area contributed by atoms with Crippen molar-refractivity contribution in [2.75, 3.05) is 17.2 Å². The average molecular weight is 377 g/mol. The topological polar surface area (TPSA) is 70.2 Å². The van der Waals surface area contributed by atoms with E-state index < -0.39 is 0 Å². The normalized spacial score (nSPS) is 15.2. The number of aryl methyl sites for hydroxylation is 1. The molecule has 0 bridgehead atoms. The van der Waals surface area contributed by atoms with Crippen molar-refractivity contribution in [3.8, 4) is 0 Å². The van der Waals surface area contributed by atoms with Crippen LogP contribution in [-0.4, -0.2) is 18.4 Å². The van der Waals surface area contributed by atoms with E-state index in [1.165, 1.54) is 5.56 Å². The van der Waals surface area contributed by atoms with E-state index in [0.29, 0.717) is 24.6 Å². The summed E-state index contributed by atoms with van der Waals surface area (Å²) in [5.74, 6) is 0.223.